The van der Waals surface area contributed by atoms with Gasteiger partial charge in [0.25, 0.3) is 0 Å². The lowest BCUT2D eigenvalue weighted by atomic mass is 10.0. The predicted octanol–water partition coefficient (Wildman–Crippen LogP) is 6.43. The lowest BCUT2D eigenvalue weighted by molar-refractivity contribution is 0.165. The summed E-state index contributed by atoms with van der Waals surface area (Å²) in [6, 6.07) is 10.6. The number of rotatable bonds is 4. The SMILES string of the molecule is CCN1C=CN(C(=O)N2CC=C(c3cc4c(Nc5ccc6c(c5)SI=N6)ccnc4[nH]3)CC2)CC1. The van der Waals surface area contributed by atoms with E-state index in [-0.39, 0.29) is 25.7 Å². The first-order chi connectivity index (χ1) is 17.2. The highest BCUT2D eigenvalue weighted by atomic mass is 127. The van der Waals surface area contributed by atoms with Crippen LogP contribution in [0.25, 0.3) is 16.6 Å². The summed E-state index contributed by atoms with van der Waals surface area (Å²) >= 11 is -0.149. The summed E-state index contributed by atoms with van der Waals surface area (Å²) in [5.41, 5.74) is 6.36. The van der Waals surface area contributed by atoms with E-state index in [9.17, 15) is 4.79 Å². The Morgan fingerprint density at radius 1 is 1.20 bits per heavy atom. The summed E-state index contributed by atoms with van der Waals surface area (Å²) in [5, 5.41) is 4.63. The fourth-order valence-corrected chi connectivity index (χ4v) is 8.29. The molecule has 0 atom stereocenters. The molecule has 10 heteroatoms. The lowest BCUT2D eigenvalue weighted by Crippen LogP contribution is -2.46. The molecule has 1 aromatic carbocycles. The molecular weight excluding hydrogens is 573 g/mol. The maximum atomic E-state index is 12.9. The van der Waals surface area contributed by atoms with Crippen molar-refractivity contribution in [3.05, 3.63) is 60.7 Å². The van der Waals surface area contributed by atoms with Gasteiger partial charge in [-0.3, -0.25) is 4.90 Å². The maximum Gasteiger partial charge on any atom is 0.324 e. The molecule has 2 N–H and O–H groups in total. The number of fused-ring (bicyclic) bond motifs is 2. The van der Waals surface area contributed by atoms with Gasteiger partial charge in [0, 0.05) is 73.0 Å². The van der Waals surface area contributed by atoms with Crippen molar-refractivity contribution in [2.24, 2.45) is 3.15 Å². The van der Waals surface area contributed by atoms with E-state index in [1.54, 1.807) is 0 Å². The minimum Gasteiger partial charge on any atom is -0.375 e. The van der Waals surface area contributed by atoms with Crippen molar-refractivity contribution in [3.63, 3.8) is 0 Å². The van der Waals surface area contributed by atoms with Gasteiger partial charge in [0.1, 0.15) is 5.65 Å². The molecular formula is C25H26IN7OS. The Hall–Kier alpha value is -2.86. The van der Waals surface area contributed by atoms with Crippen molar-refractivity contribution in [1.82, 2.24) is 24.7 Å². The van der Waals surface area contributed by atoms with Crippen LogP contribution in [-0.4, -0.2) is 63.4 Å². The summed E-state index contributed by atoms with van der Waals surface area (Å²) in [5.74, 6) is 0. The molecule has 2 amide bonds. The molecule has 0 radical (unpaired) electrons. The number of halogens is 1. The van der Waals surface area contributed by atoms with Gasteiger partial charge in [0.15, 0.2) is 0 Å². The molecule has 0 fully saturated rings. The minimum atomic E-state index is -0.149. The molecule has 3 aliphatic heterocycles. The highest BCUT2D eigenvalue weighted by molar-refractivity contribution is 14.2. The Morgan fingerprint density at radius 3 is 2.94 bits per heavy atom. The van der Waals surface area contributed by atoms with Gasteiger partial charge in [-0.25, -0.2) is 12.9 Å². The second-order valence-corrected chi connectivity index (χ2v) is 12.4. The predicted molar refractivity (Wildman–Crippen MR) is 150 cm³/mol. The molecule has 2 aromatic heterocycles. The molecule has 3 aliphatic rings. The molecule has 35 heavy (non-hydrogen) atoms. The van der Waals surface area contributed by atoms with Crippen LogP contribution in [-0.2, 0) is 0 Å². The number of aromatic nitrogens is 2. The smallest absolute Gasteiger partial charge is 0.324 e. The van der Waals surface area contributed by atoms with Gasteiger partial charge in [0.05, 0.1) is 31.0 Å². The van der Waals surface area contributed by atoms with Gasteiger partial charge in [-0.1, -0.05) is 6.08 Å². The van der Waals surface area contributed by atoms with Crippen LogP contribution in [0, 0.1) is 0 Å². The van der Waals surface area contributed by atoms with Crippen molar-refractivity contribution in [2.45, 2.75) is 18.2 Å². The van der Waals surface area contributed by atoms with Crippen molar-refractivity contribution in [3.8, 4) is 0 Å². The monoisotopic (exact) mass is 599 g/mol. The number of carbonyl (C=O) groups excluding carboxylic acids is 1. The number of nitrogens with zero attached hydrogens (tertiary/aromatic N) is 5. The number of amides is 2. The van der Waals surface area contributed by atoms with Crippen LogP contribution in [0.4, 0.5) is 21.9 Å². The van der Waals surface area contributed by atoms with Gasteiger partial charge in [-0.05, 0) is 58.2 Å². The van der Waals surface area contributed by atoms with Gasteiger partial charge in [-0.2, -0.15) is 0 Å². The van der Waals surface area contributed by atoms with E-state index in [1.165, 1.54) is 10.5 Å². The minimum absolute atomic E-state index is 0.0829. The van der Waals surface area contributed by atoms with Crippen LogP contribution in [0.15, 0.2) is 63.0 Å². The van der Waals surface area contributed by atoms with Crippen molar-refractivity contribution in [2.75, 3.05) is 38.0 Å². The van der Waals surface area contributed by atoms with E-state index in [4.69, 9.17) is 0 Å². The Kier molecular flexibility index (Phi) is 6.23. The summed E-state index contributed by atoms with van der Waals surface area (Å²) in [7, 11) is 1.87. The third-order valence-electron chi connectivity index (χ3n) is 6.58. The third kappa shape index (κ3) is 4.56. The number of pyridine rings is 1. The quantitative estimate of drug-likeness (QED) is 0.338. The molecule has 0 unspecified atom stereocenters. The average molecular weight is 600 g/mol. The molecule has 8 nitrogen and oxygen atoms in total. The van der Waals surface area contributed by atoms with Crippen LogP contribution in [0.2, 0.25) is 0 Å². The van der Waals surface area contributed by atoms with Crippen LogP contribution >= 0.6 is 28.6 Å². The van der Waals surface area contributed by atoms with E-state index >= 15 is 0 Å². The van der Waals surface area contributed by atoms with Crippen molar-refractivity contribution in [1.29, 1.82) is 0 Å². The number of benzene rings is 1. The second-order valence-electron chi connectivity index (χ2n) is 8.67. The summed E-state index contributed by atoms with van der Waals surface area (Å²) < 4.78 is 4.59. The van der Waals surface area contributed by atoms with Crippen molar-refractivity contribution < 1.29 is 4.79 Å². The normalized spacial score (nSPS) is 17.4. The number of H-pyrrole nitrogens is 1. The van der Waals surface area contributed by atoms with Crippen molar-refractivity contribution >= 4 is 68.3 Å². The summed E-state index contributed by atoms with van der Waals surface area (Å²) in [6.07, 6.45) is 8.72. The Balaban J connectivity index is 1.18. The molecule has 5 heterocycles. The number of anilines is 2. The molecule has 180 valence electrons. The van der Waals surface area contributed by atoms with E-state index in [2.05, 4.69) is 60.6 Å². The number of likely N-dealkylation sites (N-methyl/N-ethyl adjacent to an activating group) is 1. The first-order valence-corrected chi connectivity index (χ1v) is 16.1. The Labute approximate surface area is 217 Å². The molecule has 0 aliphatic carbocycles. The Morgan fingerprint density at radius 2 is 2.14 bits per heavy atom. The Bertz CT molecular complexity index is 1380. The number of hydrogen-bond acceptors (Lipinski definition) is 6. The number of aromatic amines is 1. The van der Waals surface area contributed by atoms with Gasteiger partial charge in [-0.15, -0.1) is 0 Å². The molecule has 0 bridgehead atoms. The number of hydrogen-bond donors (Lipinski definition) is 2. The molecule has 0 spiro atoms. The number of urea groups is 1. The molecule has 0 saturated carbocycles. The highest BCUT2D eigenvalue weighted by Crippen LogP contribution is 2.48. The van der Waals surface area contributed by atoms with E-state index in [0.717, 1.165) is 59.8 Å². The lowest BCUT2D eigenvalue weighted by Gasteiger charge is -2.34. The standard InChI is InChI=1S/C25H26IN7OS/c1-2-31-11-13-33(14-12-31)25(34)32-9-6-17(7-10-32)22-16-19-20(5-8-27-24(19)29-22)28-18-3-4-21-23(15-18)35-26-30-21/h3-6,8,11,13,15-16H,2,7,9-10,12,14H2,1H3,(H2,27,28,29). The molecule has 0 saturated heterocycles. The summed E-state index contributed by atoms with van der Waals surface area (Å²) in [6.45, 7) is 6.03. The maximum absolute atomic E-state index is 12.9. The van der Waals surface area contributed by atoms with E-state index in [1.807, 2.05) is 43.4 Å². The van der Waals surface area contributed by atoms with Gasteiger partial charge < -0.3 is 20.1 Å². The second kappa shape index (κ2) is 9.65. The molecule has 6 rings (SSSR count). The van der Waals surface area contributed by atoms with E-state index in [0.29, 0.717) is 13.1 Å². The van der Waals surface area contributed by atoms with Crippen LogP contribution in [0.3, 0.4) is 0 Å². The zero-order chi connectivity index (χ0) is 23.8. The fraction of sp³-hybridized carbons (Fsp3) is 0.280. The highest BCUT2D eigenvalue weighted by Gasteiger charge is 2.24. The topological polar surface area (TPSA) is 79.9 Å². The zero-order valence-electron chi connectivity index (χ0n) is 19.4. The number of nitrogens with one attached hydrogen (secondary N) is 2. The van der Waals surface area contributed by atoms with Crippen LogP contribution in [0.1, 0.15) is 19.0 Å². The van der Waals surface area contributed by atoms with Gasteiger partial charge in [0.2, 0.25) is 0 Å². The zero-order valence-corrected chi connectivity index (χ0v) is 22.3. The first kappa shape index (κ1) is 22.6. The average Bonchev–Trinajstić information content (AvgIpc) is 3.56. The first-order valence-electron chi connectivity index (χ1n) is 11.8. The van der Waals surface area contributed by atoms with Crippen LogP contribution < -0.4 is 5.32 Å². The van der Waals surface area contributed by atoms with Gasteiger partial charge >= 0.3 is 6.03 Å². The largest absolute Gasteiger partial charge is 0.375 e. The fourth-order valence-electron chi connectivity index (χ4n) is 4.53. The van der Waals surface area contributed by atoms with Crippen LogP contribution in [0.5, 0.6) is 0 Å². The third-order valence-corrected chi connectivity index (χ3v) is 10.3. The molecule has 3 aromatic rings. The van der Waals surface area contributed by atoms with E-state index < -0.39 is 0 Å². The summed E-state index contributed by atoms with van der Waals surface area (Å²) in [4.78, 5) is 28.2. The number of carbonyl (C=O) groups is 1.